The molecule has 1 heterocycles. The van der Waals surface area contributed by atoms with E-state index in [0.717, 1.165) is 25.3 Å². The lowest BCUT2D eigenvalue weighted by molar-refractivity contribution is -0.887. The van der Waals surface area contributed by atoms with Crippen LogP contribution in [-0.4, -0.2) is 26.2 Å². The van der Waals surface area contributed by atoms with Crippen molar-refractivity contribution in [3.05, 3.63) is 29.8 Å². The average Bonchev–Trinajstić information content (AvgIpc) is 2.82. The molecule has 16 heavy (non-hydrogen) atoms. The van der Waals surface area contributed by atoms with E-state index in [1.807, 2.05) is 0 Å². The first kappa shape index (κ1) is 11.5. The van der Waals surface area contributed by atoms with Crippen molar-refractivity contribution in [2.24, 2.45) is 0 Å². The van der Waals surface area contributed by atoms with Crippen LogP contribution in [0.15, 0.2) is 24.3 Å². The SMILES string of the molecule is CCc1cccc(OCC[NH+]2CCCC2)c1. The summed E-state index contributed by atoms with van der Waals surface area (Å²) in [5.41, 5.74) is 1.35. The molecular weight excluding hydrogens is 198 g/mol. The zero-order valence-corrected chi connectivity index (χ0v) is 10.2. The number of likely N-dealkylation sites (tertiary alicyclic amines) is 1. The lowest BCUT2D eigenvalue weighted by atomic mass is 10.2. The molecule has 1 aromatic carbocycles. The Morgan fingerprint density at radius 2 is 2.06 bits per heavy atom. The first-order chi connectivity index (χ1) is 7.88. The summed E-state index contributed by atoms with van der Waals surface area (Å²) in [4.78, 5) is 1.70. The highest BCUT2D eigenvalue weighted by molar-refractivity contribution is 5.28. The molecule has 0 radical (unpaired) electrons. The van der Waals surface area contributed by atoms with Gasteiger partial charge in [0.2, 0.25) is 0 Å². The molecule has 2 rings (SSSR count). The fourth-order valence-electron chi connectivity index (χ4n) is 2.29. The lowest BCUT2D eigenvalue weighted by Crippen LogP contribution is -3.10. The molecule has 1 N–H and O–H groups in total. The van der Waals surface area contributed by atoms with E-state index in [1.54, 1.807) is 4.90 Å². The van der Waals surface area contributed by atoms with Crippen molar-refractivity contribution >= 4 is 0 Å². The van der Waals surface area contributed by atoms with Gasteiger partial charge in [0, 0.05) is 12.8 Å². The number of quaternary nitrogens is 1. The maximum Gasteiger partial charge on any atom is 0.137 e. The predicted octanol–water partition coefficient (Wildman–Crippen LogP) is 1.31. The largest absolute Gasteiger partial charge is 0.488 e. The van der Waals surface area contributed by atoms with Crippen LogP contribution in [0.4, 0.5) is 0 Å². The highest BCUT2D eigenvalue weighted by Gasteiger charge is 2.14. The molecule has 1 aromatic rings. The molecule has 88 valence electrons. The van der Waals surface area contributed by atoms with Crippen LogP contribution in [0.3, 0.4) is 0 Å². The van der Waals surface area contributed by atoms with Gasteiger partial charge in [-0.15, -0.1) is 0 Å². The van der Waals surface area contributed by atoms with Gasteiger partial charge in [-0.25, -0.2) is 0 Å². The Balaban J connectivity index is 1.75. The second-order valence-electron chi connectivity index (χ2n) is 4.56. The van der Waals surface area contributed by atoms with Crippen LogP contribution >= 0.6 is 0 Å². The summed E-state index contributed by atoms with van der Waals surface area (Å²) in [6.07, 6.45) is 3.86. The topological polar surface area (TPSA) is 13.7 Å². The Morgan fingerprint density at radius 1 is 1.25 bits per heavy atom. The van der Waals surface area contributed by atoms with Gasteiger partial charge in [-0.2, -0.15) is 0 Å². The molecule has 0 amide bonds. The lowest BCUT2D eigenvalue weighted by Gasteiger charge is -2.13. The van der Waals surface area contributed by atoms with Crippen LogP contribution in [0.2, 0.25) is 0 Å². The van der Waals surface area contributed by atoms with Crippen molar-refractivity contribution in [2.75, 3.05) is 26.2 Å². The number of rotatable bonds is 5. The van der Waals surface area contributed by atoms with Gasteiger partial charge in [-0.1, -0.05) is 19.1 Å². The maximum atomic E-state index is 5.79. The van der Waals surface area contributed by atoms with E-state index in [1.165, 1.54) is 31.5 Å². The van der Waals surface area contributed by atoms with E-state index in [2.05, 4.69) is 31.2 Å². The van der Waals surface area contributed by atoms with Crippen molar-refractivity contribution in [3.63, 3.8) is 0 Å². The Hall–Kier alpha value is -1.02. The fourth-order valence-corrected chi connectivity index (χ4v) is 2.29. The van der Waals surface area contributed by atoms with Gasteiger partial charge in [-0.3, -0.25) is 0 Å². The van der Waals surface area contributed by atoms with E-state index in [0.29, 0.717) is 0 Å². The summed E-state index contributed by atoms with van der Waals surface area (Å²) in [6, 6.07) is 8.44. The Morgan fingerprint density at radius 3 is 2.81 bits per heavy atom. The zero-order chi connectivity index (χ0) is 11.2. The van der Waals surface area contributed by atoms with E-state index >= 15 is 0 Å². The first-order valence-corrected chi connectivity index (χ1v) is 6.44. The van der Waals surface area contributed by atoms with E-state index in [9.17, 15) is 0 Å². The van der Waals surface area contributed by atoms with Crippen molar-refractivity contribution in [1.29, 1.82) is 0 Å². The molecule has 2 nitrogen and oxygen atoms in total. The number of aryl methyl sites for hydroxylation is 1. The molecule has 0 spiro atoms. The Kier molecular flexibility index (Phi) is 4.23. The molecular formula is C14H22NO+. The van der Waals surface area contributed by atoms with Crippen LogP contribution in [-0.2, 0) is 6.42 Å². The molecule has 1 aliphatic heterocycles. The summed E-state index contributed by atoms with van der Waals surface area (Å²) >= 11 is 0. The second kappa shape index (κ2) is 5.90. The van der Waals surface area contributed by atoms with E-state index in [-0.39, 0.29) is 0 Å². The van der Waals surface area contributed by atoms with Gasteiger partial charge < -0.3 is 9.64 Å². The van der Waals surface area contributed by atoms with Gasteiger partial charge >= 0.3 is 0 Å². The second-order valence-corrected chi connectivity index (χ2v) is 4.56. The Bertz CT molecular complexity index is 318. The zero-order valence-electron chi connectivity index (χ0n) is 10.2. The van der Waals surface area contributed by atoms with Crippen molar-refractivity contribution in [3.8, 4) is 5.75 Å². The molecule has 2 heteroatoms. The van der Waals surface area contributed by atoms with Gasteiger partial charge in [0.15, 0.2) is 0 Å². The van der Waals surface area contributed by atoms with Crippen molar-refractivity contribution in [2.45, 2.75) is 26.2 Å². The molecule has 0 aliphatic carbocycles. The molecule has 0 aromatic heterocycles. The third-order valence-corrected chi connectivity index (χ3v) is 3.34. The monoisotopic (exact) mass is 220 g/mol. The normalized spacial score (nSPS) is 16.6. The quantitative estimate of drug-likeness (QED) is 0.790. The smallest absolute Gasteiger partial charge is 0.137 e. The van der Waals surface area contributed by atoms with Crippen LogP contribution in [0.25, 0.3) is 0 Å². The minimum absolute atomic E-state index is 0.850. The predicted molar refractivity (Wildman–Crippen MR) is 66.1 cm³/mol. The maximum absolute atomic E-state index is 5.79. The van der Waals surface area contributed by atoms with Gasteiger partial charge in [0.25, 0.3) is 0 Å². The third kappa shape index (κ3) is 3.24. The van der Waals surface area contributed by atoms with E-state index in [4.69, 9.17) is 4.74 Å². The van der Waals surface area contributed by atoms with Crippen LogP contribution in [0, 0.1) is 0 Å². The van der Waals surface area contributed by atoms with Gasteiger partial charge in [-0.05, 0) is 24.1 Å². The molecule has 0 unspecified atom stereocenters. The van der Waals surface area contributed by atoms with Gasteiger partial charge in [0.1, 0.15) is 18.9 Å². The number of ether oxygens (including phenoxy) is 1. The third-order valence-electron chi connectivity index (χ3n) is 3.34. The minimum Gasteiger partial charge on any atom is -0.488 e. The first-order valence-electron chi connectivity index (χ1n) is 6.44. The highest BCUT2D eigenvalue weighted by Crippen LogP contribution is 2.13. The number of nitrogens with one attached hydrogen (secondary N) is 1. The molecule has 1 aliphatic rings. The van der Waals surface area contributed by atoms with Crippen LogP contribution in [0.1, 0.15) is 25.3 Å². The summed E-state index contributed by atoms with van der Waals surface area (Å²) in [5.74, 6) is 1.03. The molecule has 1 fully saturated rings. The molecule has 0 bridgehead atoms. The molecule has 1 saturated heterocycles. The number of hydrogen-bond acceptors (Lipinski definition) is 1. The Labute approximate surface area is 98.2 Å². The summed E-state index contributed by atoms with van der Waals surface area (Å²) in [7, 11) is 0. The standard InChI is InChI=1S/C14H21NO/c1-2-13-6-5-7-14(12-13)16-11-10-15-8-3-4-9-15/h5-7,12H,2-4,8-11H2,1H3/p+1. The fraction of sp³-hybridized carbons (Fsp3) is 0.571. The van der Waals surface area contributed by atoms with E-state index < -0.39 is 0 Å². The highest BCUT2D eigenvalue weighted by atomic mass is 16.5. The number of benzene rings is 1. The van der Waals surface area contributed by atoms with Crippen molar-refractivity contribution in [1.82, 2.24) is 0 Å². The van der Waals surface area contributed by atoms with Crippen LogP contribution in [0.5, 0.6) is 5.75 Å². The van der Waals surface area contributed by atoms with Crippen LogP contribution < -0.4 is 9.64 Å². The van der Waals surface area contributed by atoms with Crippen molar-refractivity contribution < 1.29 is 9.64 Å². The summed E-state index contributed by atoms with van der Waals surface area (Å²) < 4.78 is 5.79. The summed E-state index contributed by atoms with van der Waals surface area (Å²) in [5, 5.41) is 0. The number of hydrogen-bond donors (Lipinski definition) is 1. The molecule has 0 saturated carbocycles. The minimum atomic E-state index is 0.850. The molecule has 0 atom stereocenters. The summed E-state index contributed by atoms with van der Waals surface area (Å²) in [6.45, 7) is 6.84. The van der Waals surface area contributed by atoms with Gasteiger partial charge in [0.05, 0.1) is 13.1 Å². The average molecular weight is 220 g/mol.